The van der Waals surface area contributed by atoms with Gasteiger partial charge in [-0.3, -0.25) is 4.79 Å². The molecule has 1 rings (SSSR count). The highest BCUT2D eigenvalue weighted by Crippen LogP contribution is 2.27. The van der Waals surface area contributed by atoms with Gasteiger partial charge in [0.2, 0.25) is 5.91 Å². The smallest absolute Gasteiger partial charge is 0.246 e. The monoisotopic (exact) mass is 228 g/mol. The standard InChI is InChI=1S/C12H24N2O2/c1-9(2)16-8-12(15)14-11(7-13)10-5-3-4-6-10/h9-11H,3-8,13H2,1-2H3,(H,14,15). The Balaban J connectivity index is 2.28. The molecule has 4 nitrogen and oxygen atoms in total. The van der Waals surface area contributed by atoms with Crippen LogP contribution in [-0.4, -0.2) is 31.2 Å². The van der Waals surface area contributed by atoms with E-state index in [0.29, 0.717) is 12.5 Å². The van der Waals surface area contributed by atoms with Crippen LogP contribution in [0.4, 0.5) is 0 Å². The number of carbonyl (C=O) groups is 1. The highest BCUT2D eigenvalue weighted by molar-refractivity contribution is 5.77. The SMILES string of the molecule is CC(C)OCC(=O)NC(CN)C1CCCC1. The van der Waals surface area contributed by atoms with Crippen molar-refractivity contribution in [3.63, 3.8) is 0 Å². The lowest BCUT2D eigenvalue weighted by Gasteiger charge is -2.23. The van der Waals surface area contributed by atoms with E-state index in [4.69, 9.17) is 10.5 Å². The van der Waals surface area contributed by atoms with Gasteiger partial charge in [-0.05, 0) is 32.6 Å². The number of amides is 1. The maximum absolute atomic E-state index is 11.6. The van der Waals surface area contributed by atoms with Gasteiger partial charge in [0.05, 0.1) is 6.10 Å². The van der Waals surface area contributed by atoms with Crippen LogP contribution in [0, 0.1) is 5.92 Å². The predicted molar refractivity (Wildman–Crippen MR) is 64.0 cm³/mol. The van der Waals surface area contributed by atoms with Crippen LogP contribution in [0.15, 0.2) is 0 Å². The Bertz CT molecular complexity index is 213. The van der Waals surface area contributed by atoms with Crippen LogP contribution in [0.25, 0.3) is 0 Å². The number of ether oxygens (including phenoxy) is 1. The van der Waals surface area contributed by atoms with Gasteiger partial charge in [0.25, 0.3) is 0 Å². The van der Waals surface area contributed by atoms with Gasteiger partial charge in [0, 0.05) is 12.6 Å². The lowest BCUT2D eigenvalue weighted by molar-refractivity contribution is -0.128. The van der Waals surface area contributed by atoms with Gasteiger partial charge in [-0.25, -0.2) is 0 Å². The molecule has 1 saturated carbocycles. The van der Waals surface area contributed by atoms with E-state index in [1.165, 1.54) is 25.7 Å². The largest absolute Gasteiger partial charge is 0.369 e. The minimum atomic E-state index is -0.0453. The normalized spacial score (nSPS) is 19.0. The summed E-state index contributed by atoms with van der Waals surface area (Å²) in [5.74, 6) is 0.518. The Morgan fingerprint density at radius 1 is 1.44 bits per heavy atom. The van der Waals surface area contributed by atoms with E-state index in [1.807, 2.05) is 13.8 Å². The summed E-state index contributed by atoms with van der Waals surface area (Å²) in [5.41, 5.74) is 5.70. The Hall–Kier alpha value is -0.610. The van der Waals surface area contributed by atoms with E-state index < -0.39 is 0 Å². The summed E-state index contributed by atoms with van der Waals surface area (Å²) in [6.45, 7) is 4.51. The summed E-state index contributed by atoms with van der Waals surface area (Å²) >= 11 is 0. The molecular weight excluding hydrogens is 204 g/mol. The van der Waals surface area contributed by atoms with Crippen molar-refractivity contribution in [2.75, 3.05) is 13.2 Å². The zero-order valence-electron chi connectivity index (χ0n) is 10.4. The van der Waals surface area contributed by atoms with Gasteiger partial charge < -0.3 is 15.8 Å². The molecule has 0 spiro atoms. The number of rotatable bonds is 6. The predicted octanol–water partition coefficient (Wildman–Crippen LogP) is 1.05. The molecular formula is C12H24N2O2. The first-order valence-electron chi connectivity index (χ1n) is 6.24. The van der Waals surface area contributed by atoms with Crippen LogP contribution in [0.5, 0.6) is 0 Å². The van der Waals surface area contributed by atoms with Gasteiger partial charge in [-0.15, -0.1) is 0 Å². The van der Waals surface area contributed by atoms with Crippen molar-refractivity contribution in [1.29, 1.82) is 0 Å². The number of carbonyl (C=O) groups excluding carboxylic acids is 1. The van der Waals surface area contributed by atoms with Crippen LogP contribution < -0.4 is 11.1 Å². The average Bonchev–Trinajstić information content (AvgIpc) is 2.76. The molecule has 16 heavy (non-hydrogen) atoms. The number of nitrogens with one attached hydrogen (secondary N) is 1. The molecule has 0 radical (unpaired) electrons. The minimum absolute atomic E-state index is 0.0453. The van der Waals surface area contributed by atoms with E-state index in [-0.39, 0.29) is 24.7 Å². The van der Waals surface area contributed by atoms with Crippen LogP contribution in [0.1, 0.15) is 39.5 Å². The van der Waals surface area contributed by atoms with Gasteiger partial charge in [-0.1, -0.05) is 12.8 Å². The molecule has 0 aromatic rings. The summed E-state index contributed by atoms with van der Waals surface area (Å²) in [7, 11) is 0. The number of hydrogen-bond donors (Lipinski definition) is 2. The van der Waals surface area contributed by atoms with Crippen molar-refractivity contribution in [2.24, 2.45) is 11.7 Å². The summed E-state index contributed by atoms with van der Waals surface area (Å²) < 4.78 is 5.26. The van der Waals surface area contributed by atoms with Crippen molar-refractivity contribution in [3.05, 3.63) is 0 Å². The zero-order chi connectivity index (χ0) is 12.0. The van der Waals surface area contributed by atoms with E-state index in [9.17, 15) is 4.79 Å². The molecule has 1 atom stereocenters. The molecule has 0 heterocycles. The molecule has 0 aliphatic heterocycles. The number of hydrogen-bond acceptors (Lipinski definition) is 3. The Morgan fingerprint density at radius 2 is 2.06 bits per heavy atom. The molecule has 4 heteroatoms. The van der Waals surface area contributed by atoms with E-state index >= 15 is 0 Å². The summed E-state index contributed by atoms with van der Waals surface area (Å²) in [6, 6.07) is 0.130. The molecule has 1 fully saturated rings. The zero-order valence-corrected chi connectivity index (χ0v) is 10.4. The first-order valence-corrected chi connectivity index (χ1v) is 6.24. The van der Waals surface area contributed by atoms with Crippen LogP contribution >= 0.6 is 0 Å². The van der Waals surface area contributed by atoms with Crippen LogP contribution in [-0.2, 0) is 9.53 Å². The molecule has 1 amide bonds. The summed E-state index contributed by atoms with van der Waals surface area (Å²) in [6.07, 6.45) is 4.99. The third-order valence-corrected chi connectivity index (χ3v) is 3.12. The average molecular weight is 228 g/mol. The van der Waals surface area contributed by atoms with Crippen molar-refractivity contribution < 1.29 is 9.53 Å². The molecule has 94 valence electrons. The lowest BCUT2D eigenvalue weighted by Crippen LogP contribution is -2.46. The second kappa shape index (κ2) is 6.86. The second-order valence-corrected chi connectivity index (χ2v) is 4.81. The molecule has 1 unspecified atom stereocenters. The van der Waals surface area contributed by atoms with E-state index in [2.05, 4.69) is 5.32 Å². The summed E-state index contributed by atoms with van der Waals surface area (Å²) in [5, 5.41) is 2.98. The quantitative estimate of drug-likeness (QED) is 0.714. The fourth-order valence-corrected chi connectivity index (χ4v) is 2.22. The molecule has 3 N–H and O–H groups in total. The van der Waals surface area contributed by atoms with Crippen LogP contribution in [0.3, 0.4) is 0 Å². The Labute approximate surface area is 97.9 Å². The highest BCUT2D eigenvalue weighted by Gasteiger charge is 2.25. The fourth-order valence-electron chi connectivity index (χ4n) is 2.22. The molecule has 1 aliphatic rings. The second-order valence-electron chi connectivity index (χ2n) is 4.81. The van der Waals surface area contributed by atoms with Crippen LogP contribution in [0.2, 0.25) is 0 Å². The van der Waals surface area contributed by atoms with Crippen molar-refractivity contribution in [2.45, 2.75) is 51.7 Å². The van der Waals surface area contributed by atoms with Gasteiger partial charge in [0.1, 0.15) is 6.61 Å². The molecule has 0 saturated heterocycles. The van der Waals surface area contributed by atoms with E-state index in [1.54, 1.807) is 0 Å². The minimum Gasteiger partial charge on any atom is -0.369 e. The summed E-state index contributed by atoms with van der Waals surface area (Å²) in [4.78, 5) is 11.6. The molecule has 0 bridgehead atoms. The van der Waals surface area contributed by atoms with Crippen molar-refractivity contribution in [1.82, 2.24) is 5.32 Å². The molecule has 1 aliphatic carbocycles. The topological polar surface area (TPSA) is 64.3 Å². The highest BCUT2D eigenvalue weighted by atomic mass is 16.5. The Kier molecular flexibility index (Phi) is 5.77. The number of nitrogens with two attached hydrogens (primary N) is 1. The maximum Gasteiger partial charge on any atom is 0.246 e. The molecule has 0 aromatic heterocycles. The third-order valence-electron chi connectivity index (χ3n) is 3.12. The Morgan fingerprint density at radius 3 is 2.56 bits per heavy atom. The van der Waals surface area contributed by atoms with Gasteiger partial charge >= 0.3 is 0 Å². The van der Waals surface area contributed by atoms with Crippen molar-refractivity contribution >= 4 is 5.91 Å². The van der Waals surface area contributed by atoms with Crippen molar-refractivity contribution in [3.8, 4) is 0 Å². The first kappa shape index (κ1) is 13.5. The molecule has 0 aromatic carbocycles. The first-order chi connectivity index (χ1) is 7.63. The third kappa shape index (κ3) is 4.49. The van der Waals surface area contributed by atoms with Gasteiger partial charge in [0.15, 0.2) is 0 Å². The van der Waals surface area contributed by atoms with E-state index in [0.717, 1.165) is 0 Å². The lowest BCUT2D eigenvalue weighted by atomic mass is 9.98. The van der Waals surface area contributed by atoms with Gasteiger partial charge in [-0.2, -0.15) is 0 Å². The fraction of sp³-hybridized carbons (Fsp3) is 0.917. The maximum atomic E-state index is 11.6.